The Labute approximate surface area is 124 Å². The van der Waals surface area contributed by atoms with Gasteiger partial charge in [-0.2, -0.15) is 4.98 Å². The molecule has 1 fully saturated rings. The van der Waals surface area contributed by atoms with Crippen molar-refractivity contribution in [1.29, 1.82) is 0 Å². The quantitative estimate of drug-likeness (QED) is 0.625. The van der Waals surface area contributed by atoms with Crippen LogP contribution in [0, 0.1) is 5.82 Å². The lowest BCUT2D eigenvalue weighted by Crippen LogP contribution is -2.22. The van der Waals surface area contributed by atoms with E-state index in [1.165, 1.54) is 31.0 Å². The monoisotopic (exact) mass is 308 g/mol. The van der Waals surface area contributed by atoms with E-state index in [0.29, 0.717) is 30.3 Å². The standard InChI is InChI=1S/C14H13FN2O3S/c1-19-13(18)14(6-7-14)12-16-11(17-20-12)8-21-10-4-2-9(15)3-5-10/h2-5H,6-8H2,1H3. The van der Waals surface area contributed by atoms with Crippen LogP contribution in [0.5, 0.6) is 0 Å². The predicted molar refractivity (Wildman–Crippen MR) is 73.2 cm³/mol. The number of nitrogens with zero attached hydrogens (tertiary/aromatic N) is 2. The van der Waals surface area contributed by atoms with Gasteiger partial charge in [-0.1, -0.05) is 5.16 Å². The number of esters is 1. The topological polar surface area (TPSA) is 65.2 Å². The molecule has 0 spiro atoms. The molecule has 2 aromatic rings. The molecule has 0 saturated heterocycles. The van der Waals surface area contributed by atoms with E-state index in [0.717, 1.165) is 4.90 Å². The highest BCUT2D eigenvalue weighted by Gasteiger charge is 2.57. The molecule has 0 radical (unpaired) electrons. The zero-order valence-corrected chi connectivity index (χ0v) is 12.2. The number of methoxy groups -OCH3 is 1. The number of carbonyl (C=O) groups excluding carboxylic acids is 1. The molecule has 3 rings (SSSR count). The Morgan fingerprint density at radius 3 is 2.76 bits per heavy atom. The molecule has 0 bridgehead atoms. The molecule has 21 heavy (non-hydrogen) atoms. The first-order valence-electron chi connectivity index (χ1n) is 6.44. The van der Waals surface area contributed by atoms with Crippen LogP contribution in [-0.4, -0.2) is 23.2 Å². The fourth-order valence-corrected chi connectivity index (χ4v) is 2.75. The number of ether oxygens (including phenoxy) is 1. The summed E-state index contributed by atoms with van der Waals surface area (Å²) in [7, 11) is 1.35. The van der Waals surface area contributed by atoms with Crippen molar-refractivity contribution < 1.29 is 18.4 Å². The van der Waals surface area contributed by atoms with Crippen LogP contribution in [-0.2, 0) is 20.7 Å². The van der Waals surface area contributed by atoms with Gasteiger partial charge in [0, 0.05) is 4.90 Å². The number of halogens is 1. The van der Waals surface area contributed by atoms with E-state index in [-0.39, 0.29) is 11.8 Å². The maximum atomic E-state index is 12.8. The molecule has 1 aliphatic carbocycles. The number of thioether (sulfide) groups is 1. The molecule has 1 saturated carbocycles. The second-order valence-electron chi connectivity index (χ2n) is 4.83. The Hall–Kier alpha value is -1.89. The highest BCUT2D eigenvalue weighted by molar-refractivity contribution is 7.98. The largest absolute Gasteiger partial charge is 0.468 e. The van der Waals surface area contributed by atoms with Crippen LogP contribution in [0.25, 0.3) is 0 Å². The van der Waals surface area contributed by atoms with Gasteiger partial charge < -0.3 is 9.26 Å². The Kier molecular flexibility index (Phi) is 3.67. The first-order valence-corrected chi connectivity index (χ1v) is 7.42. The summed E-state index contributed by atoms with van der Waals surface area (Å²) in [6.07, 6.45) is 1.35. The Morgan fingerprint density at radius 1 is 1.43 bits per heavy atom. The molecule has 0 N–H and O–H groups in total. The van der Waals surface area contributed by atoms with Gasteiger partial charge in [-0.15, -0.1) is 11.8 Å². The van der Waals surface area contributed by atoms with Crippen LogP contribution in [0.2, 0.25) is 0 Å². The summed E-state index contributed by atoms with van der Waals surface area (Å²) in [5.74, 6) is 0.726. The number of aromatic nitrogens is 2. The van der Waals surface area contributed by atoms with Crippen LogP contribution >= 0.6 is 11.8 Å². The third-order valence-electron chi connectivity index (χ3n) is 3.39. The van der Waals surface area contributed by atoms with Crippen molar-refractivity contribution in [2.75, 3.05) is 7.11 Å². The Morgan fingerprint density at radius 2 is 2.14 bits per heavy atom. The summed E-state index contributed by atoms with van der Waals surface area (Å²) in [6.45, 7) is 0. The molecule has 0 aliphatic heterocycles. The first kappa shape index (κ1) is 14.1. The van der Waals surface area contributed by atoms with Gasteiger partial charge in [-0.25, -0.2) is 4.39 Å². The summed E-state index contributed by atoms with van der Waals surface area (Å²) >= 11 is 1.47. The predicted octanol–water partition coefficient (Wildman–Crippen LogP) is 2.71. The van der Waals surface area contributed by atoms with E-state index in [4.69, 9.17) is 9.26 Å². The smallest absolute Gasteiger partial charge is 0.321 e. The molecule has 1 aliphatic rings. The second-order valence-corrected chi connectivity index (χ2v) is 5.88. The third-order valence-corrected chi connectivity index (χ3v) is 4.39. The SMILES string of the molecule is COC(=O)C1(c2nc(CSc3ccc(F)cc3)no2)CC1. The Bertz CT molecular complexity index is 652. The molecular formula is C14H13FN2O3S. The minimum absolute atomic E-state index is 0.269. The van der Waals surface area contributed by atoms with E-state index in [9.17, 15) is 9.18 Å². The lowest BCUT2D eigenvalue weighted by Gasteiger charge is -2.05. The van der Waals surface area contributed by atoms with E-state index in [1.54, 1.807) is 12.1 Å². The van der Waals surface area contributed by atoms with Crippen LogP contribution < -0.4 is 0 Å². The lowest BCUT2D eigenvalue weighted by atomic mass is 10.1. The Balaban J connectivity index is 1.66. The summed E-state index contributed by atoms with van der Waals surface area (Å²) < 4.78 is 22.8. The van der Waals surface area contributed by atoms with E-state index < -0.39 is 5.41 Å². The normalized spacial score (nSPS) is 15.7. The number of rotatable bonds is 5. The molecule has 110 valence electrons. The van der Waals surface area contributed by atoms with Crippen molar-refractivity contribution in [1.82, 2.24) is 10.1 Å². The molecule has 1 aromatic carbocycles. The summed E-state index contributed by atoms with van der Waals surface area (Å²) in [5, 5.41) is 3.88. The van der Waals surface area contributed by atoms with E-state index in [1.807, 2.05) is 0 Å². The van der Waals surface area contributed by atoms with Gasteiger partial charge >= 0.3 is 5.97 Å². The minimum Gasteiger partial charge on any atom is -0.468 e. The molecule has 5 nitrogen and oxygen atoms in total. The van der Waals surface area contributed by atoms with Gasteiger partial charge in [-0.3, -0.25) is 4.79 Å². The lowest BCUT2D eigenvalue weighted by molar-refractivity contribution is -0.144. The summed E-state index contributed by atoms with van der Waals surface area (Å²) in [5.41, 5.74) is -0.736. The maximum absolute atomic E-state index is 12.8. The third kappa shape index (κ3) is 2.78. The number of hydrogen-bond acceptors (Lipinski definition) is 6. The van der Waals surface area contributed by atoms with Gasteiger partial charge in [0.15, 0.2) is 5.82 Å². The van der Waals surface area contributed by atoms with Crippen molar-refractivity contribution >= 4 is 17.7 Å². The zero-order valence-electron chi connectivity index (χ0n) is 11.3. The summed E-state index contributed by atoms with van der Waals surface area (Å²) in [4.78, 5) is 16.9. The van der Waals surface area contributed by atoms with Crippen molar-refractivity contribution in [3.8, 4) is 0 Å². The van der Waals surface area contributed by atoms with Crippen molar-refractivity contribution in [2.45, 2.75) is 28.9 Å². The van der Waals surface area contributed by atoms with Crippen molar-refractivity contribution in [3.05, 3.63) is 41.8 Å². The summed E-state index contributed by atoms with van der Waals surface area (Å²) in [6, 6.07) is 6.19. The minimum atomic E-state index is -0.736. The number of hydrogen-bond donors (Lipinski definition) is 0. The van der Waals surface area contributed by atoms with E-state index >= 15 is 0 Å². The number of benzene rings is 1. The van der Waals surface area contributed by atoms with E-state index in [2.05, 4.69) is 10.1 Å². The van der Waals surface area contributed by atoms with Gasteiger partial charge in [0.2, 0.25) is 5.89 Å². The molecule has 0 atom stereocenters. The van der Waals surface area contributed by atoms with Crippen molar-refractivity contribution in [2.24, 2.45) is 0 Å². The van der Waals surface area contributed by atoms with Crippen LogP contribution in [0.3, 0.4) is 0 Å². The van der Waals surface area contributed by atoms with Gasteiger partial charge in [0.25, 0.3) is 0 Å². The van der Waals surface area contributed by atoms with Gasteiger partial charge in [0.05, 0.1) is 12.9 Å². The molecule has 7 heteroatoms. The van der Waals surface area contributed by atoms with Crippen LogP contribution in [0.4, 0.5) is 4.39 Å². The fourth-order valence-electron chi connectivity index (χ4n) is 2.01. The number of carbonyl (C=O) groups is 1. The second kappa shape index (κ2) is 5.48. The van der Waals surface area contributed by atoms with Crippen LogP contribution in [0.1, 0.15) is 24.6 Å². The van der Waals surface area contributed by atoms with Gasteiger partial charge in [-0.05, 0) is 37.1 Å². The molecule has 1 heterocycles. The highest BCUT2D eigenvalue weighted by Crippen LogP contribution is 2.48. The average Bonchev–Trinajstić information content (AvgIpc) is 3.18. The van der Waals surface area contributed by atoms with Gasteiger partial charge in [0.1, 0.15) is 11.2 Å². The fraction of sp³-hybridized carbons (Fsp3) is 0.357. The van der Waals surface area contributed by atoms with Crippen molar-refractivity contribution in [3.63, 3.8) is 0 Å². The highest BCUT2D eigenvalue weighted by atomic mass is 32.2. The molecule has 0 amide bonds. The maximum Gasteiger partial charge on any atom is 0.321 e. The first-order chi connectivity index (χ1) is 10.1. The molecule has 1 aromatic heterocycles. The zero-order chi connectivity index (χ0) is 14.9. The molecular weight excluding hydrogens is 295 g/mol. The molecule has 0 unspecified atom stereocenters. The van der Waals surface area contributed by atoms with Crippen LogP contribution in [0.15, 0.2) is 33.7 Å². The average molecular weight is 308 g/mol.